The summed E-state index contributed by atoms with van der Waals surface area (Å²) in [5, 5.41) is 9.81. The summed E-state index contributed by atoms with van der Waals surface area (Å²) in [5.41, 5.74) is 1.79. The van der Waals surface area contributed by atoms with Crippen LogP contribution in [0.1, 0.15) is 24.0 Å². The smallest absolute Gasteiger partial charge is 0.310 e. The molecule has 0 saturated carbocycles. The molecular weight excluding hydrogens is 286 g/mol. The van der Waals surface area contributed by atoms with Gasteiger partial charge >= 0.3 is 5.97 Å². The van der Waals surface area contributed by atoms with Gasteiger partial charge in [-0.05, 0) is 43.5 Å². The molecule has 1 aliphatic rings. The van der Waals surface area contributed by atoms with Crippen LogP contribution in [0.15, 0.2) is 60.7 Å². The summed E-state index contributed by atoms with van der Waals surface area (Å²) in [4.78, 5) is 14.3. The van der Waals surface area contributed by atoms with Crippen molar-refractivity contribution in [2.75, 3.05) is 13.1 Å². The summed E-state index contributed by atoms with van der Waals surface area (Å²) in [6.07, 6.45) is 2.05. The van der Waals surface area contributed by atoms with E-state index in [1.54, 1.807) is 0 Å². The van der Waals surface area contributed by atoms with E-state index < -0.39 is 11.4 Å². The molecule has 1 saturated heterocycles. The molecule has 1 fully saturated rings. The molecule has 120 valence electrons. The quantitative estimate of drug-likeness (QED) is 0.917. The molecule has 1 aliphatic heterocycles. The minimum atomic E-state index is -0.652. The van der Waals surface area contributed by atoms with Crippen molar-refractivity contribution < 1.29 is 9.90 Å². The monoisotopic (exact) mass is 309 g/mol. The highest BCUT2D eigenvalue weighted by Crippen LogP contribution is 2.36. The molecule has 1 N–H and O–H groups in total. The number of carboxylic acids is 1. The van der Waals surface area contributed by atoms with Gasteiger partial charge in [-0.3, -0.25) is 9.69 Å². The molecule has 0 bridgehead atoms. The molecule has 0 unspecified atom stereocenters. The van der Waals surface area contributed by atoms with Crippen molar-refractivity contribution in [2.45, 2.75) is 25.8 Å². The van der Waals surface area contributed by atoms with E-state index in [2.05, 4.69) is 29.2 Å². The Morgan fingerprint density at radius 1 is 0.913 bits per heavy atom. The fourth-order valence-electron chi connectivity index (χ4n) is 3.43. The van der Waals surface area contributed by atoms with Crippen LogP contribution in [-0.2, 0) is 17.8 Å². The van der Waals surface area contributed by atoms with Crippen molar-refractivity contribution in [1.29, 1.82) is 0 Å². The Morgan fingerprint density at radius 2 is 1.43 bits per heavy atom. The number of hydrogen-bond donors (Lipinski definition) is 1. The molecule has 0 amide bonds. The second kappa shape index (κ2) is 6.97. The molecule has 0 aromatic heterocycles. The molecule has 1 heterocycles. The third-order valence-electron chi connectivity index (χ3n) is 4.90. The van der Waals surface area contributed by atoms with E-state index in [1.165, 1.54) is 5.56 Å². The van der Waals surface area contributed by atoms with Gasteiger partial charge in [0, 0.05) is 6.54 Å². The van der Waals surface area contributed by atoms with Crippen LogP contribution >= 0.6 is 0 Å². The maximum absolute atomic E-state index is 11.9. The second-order valence-corrected chi connectivity index (χ2v) is 6.51. The first-order chi connectivity index (χ1) is 11.2. The Bertz CT molecular complexity index is 631. The van der Waals surface area contributed by atoms with Gasteiger partial charge in [0.2, 0.25) is 0 Å². The van der Waals surface area contributed by atoms with Crippen molar-refractivity contribution in [2.24, 2.45) is 5.41 Å². The lowest BCUT2D eigenvalue weighted by Crippen LogP contribution is -2.45. The predicted molar refractivity (Wildman–Crippen MR) is 91.2 cm³/mol. The van der Waals surface area contributed by atoms with Gasteiger partial charge in [0.15, 0.2) is 0 Å². The molecule has 2 aromatic carbocycles. The van der Waals surface area contributed by atoms with Gasteiger partial charge in [0.25, 0.3) is 0 Å². The standard InChI is InChI=1S/C20H23NO2/c22-19(23)20(15-17-7-3-1-4-8-17)11-13-21(14-12-20)16-18-9-5-2-6-10-18/h1-10H,11-16H2,(H,22,23). The van der Waals surface area contributed by atoms with Gasteiger partial charge < -0.3 is 5.11 Å². The third-order valence-corrected chi connectivity index (χ3v) is 4.90. The molecule has 3 rings (SSSR count). The van der Waals surface area contributed by atoms with Crippen molar-refractivity contribution in [3.8, 4) is 0 Å². The van der Waals surface area contributed by atoms with Gasteiger partial charge in [-0.15, -0.1) is 0 Å². The lowest BCUT2D eigenvalue weighted by Gasteiger charge is -2.39. The minimum Gasteiger partial charge on any atom is -0.481 e. The van der Waals surface area contributed by atoms with Crippen molar-refractivity contribution in [3.63, 3.8) is 0 Å². The summed E-state index contributed by atoms with van der Waals surface area (Å²) in [7, 11) is 0. The second-order valence-electron chi connectivity index (χ2n) is 6.51. The Hall–Kier alpha value is -2.13. The number of likely N-dealkylation sites (tertiary alicyclic amines) is 1. The summed E-state index contributed by atoms with van der Waals surface area (Å²) in [6, 6.07) is 20.4. The number of carbonyl (C=O) groups is 1. The lowest BCUT2D eigenvalue weighted by molar-refractivity contribution is -0.152. The molecule has 0 aliphatic carbocycles. The zero-order valence-corrected chi connectivity index (χ0v) is 13.3. The Labute approximate surface area is 137 Å². The summed E-state index contributed by atoms with van der Waals surface area (Å²) in [6.45, 7) is 2.59. The van der Waals surface area contributed by atoms with Gasteiger partial charge in [-0.1, -0.05) is 60.7 Å². The summed E-state index contributed by atoms with van der Waals surface area (Å²) in [5.74, 6) is -0.652. The average Bonchev–Trinajstić information content (AvgIpc) is 2.58. The fourth-order valence-corrected chi connectivity index (χ4v) is 3.43. The highest BCUT2D eigenvalue weighted by atomic mass is 16.4. The maximum atomic E-state index is 11.9. The van der Waals surface area contributed by atoms with Crippen LogP contribution in [0.25, 0.3) is 0 Å². The Balaban J connectivity index is 1.65. The number of benzene rings is 2. The van der Waals surface area contributed by atoms with E-state index in [9.17, 15) is 9.90 Å². The number of aliphatic carboxylic acids is 1. The first-order valence-corrected chi connectivity index (χ1v) is 8.22. The molecule has 2 aromatic rings. The van der Waals surface area contributed by atoms with Crippen molar-refractivity contribution >= 4 is 5.97 Å². The molecule has 0 spiro atoms. The predicted octanol–water partition coefficient (Wildman–Crippen LogP) is 3.60. The van der Waals surface area contributed by atoms with E-state index in [0.717, 1.165) is 25.2 Å². The first-order valence-electron chi connectivity index (χ1n) is 8.22. The van der Waals surface area contributed by atoms with Crippen LogP contribution in [-0.4, -0.2) is 29.1 Å². The van der Waals surface area contributed by atoms with E-state index in [4.69, 9.17) is 0 Å². The number of rotatable bonds is 5. The Morgan fingerprint density at radius 3 is 1.96 bits per heavy atom. The number of hydrogen-bond acceptors (Lipinski definition) is 2. The van der Waals surface area contributed by atoms with Crippen LogP contribution in [0.4, 0.5) is 0 Å². The first kappa shape index (κ1) is 15.8. The van der Waals surface area contributed by atoms with Gasteiger partial charge in [0.1, 0.15) is 0 Å². The fraction of sp³-hybridized carbons (Fsp3) is 0.350. The van der Waals surface area contributed by atoms with Gasteiger partial charge in [-0.25, -0.2) is 0 Å². The van der Waals surface area contributed by atoms with Crippen LogP contribution in [0.5, 0.6) is 0 Å². The SMILES string of the molecule is O=C(O)C1(Cc2ccccc2)CCN(Cc2ccccc2)CC1. The molecular formula is C20H23NO2. The van der Waals surface area contributed by atoms with Gasteiger partial charge in [-0.2, -0.15) is 0 Å². The van der Waals surface area contributed by atoms with E-state index >= 15 is 0 Å². The van der Waals surface area contributed by atoms with E-state index in [-0.39, 0.29) is 0 Å². The molecule has 23 heavy (non-hydrogen) atoms. The Kier molecular flexibility index (Phi) is 4.77. The molecule has 3 nitrogen and oxygen atoms in total. The third kappa shape index (κ3) is 3.80. The summed E-state index contributed by atoms with van der Waals surface area (Å²) >= 11 is 0. The lowest BCUT2D eigenvalue weighted by atomic mass is 9.74. The summed E-state index contributed by atoms with van der Waals surface area (Å²) < 4.78 is 0. The highest BCUT2D eigenvalue weighted by Gasteiger charge is 2.41. The normalized spacial score (nSPS) is 17.7. The highest BCUT2D eigenvalue weighted by molar-refractivity contribution is 5.75. The number of piperidine rings is 1. The minimum absolute atomic E-state index is 0.617. The number of carboxylic acid groups (broad SMARTS) is 1. The van der Waals surface area contributed by atoms with Crippen molar-refractivity contribution in [3.05, 3.63) is 71.8 Å². The van der Waals surface area contributed by atoms with Crippen LogP contribution in [0.3, 0.4) is 0 Å². The van der Waals surface area contributed by atoms with Crippen LogP contribution in [0.2, 0.25) is 0 Å². The molecule has 3 heteroatoms. The van der Waals surface area contributed by atoms with E-state index in [1.807, 2.05) is 36.4 Å². The molecule has 0 atom stereocenters. The number of nitrogens with zero attached hydrogens (tertiary/aromatic N) is 1. The average molecular weight is 309 g/mol. The van der Waals surface area contributed by atoms with Gasteiger partial charge in [0.05, 0.1) is 5.41 Å². The zero-order valence-electron chi connectivity index (χ0n) is 13.3. The van der Waals surface area contributed by atoms with Crippen LogP contribution in [0, 0.1) is 5.41 Å². The van der Waals surface area contributed by atoms with E-state index in [0.29, 0.717) is 19.3 Å². The largest absolute Gasteiger partial charge is 0.481 e. The molecule has 0 radical (unpaired) electrons. The van der Waals surface area contributed by atoms with Crippen LogP contribution < -0.4 is 0 Å². The topological polar surface area (TPSA) is 40.5 Å². The zero-order chi connectivity index (χ0) is 16.1. The van der Waals surface area contributed by atoms with Crippen molar-refractivity contribution in [1.82, 2.24) is 4.90 Å². The maximum Gasteiger partial charge on any atom is 0.310 e.